The lowest BCUT2D eigenvalue weighted by molar-refractivity contribution is 1.14. The first-order valence-corrected chi connectivity index (χ1v) is 4.70. The van der Waals surface area contributed by atoms with E-state index < -0.39 is 0 Å². The molecule has 0 saturated carbocycles. The number of nitrogens with zero attached hydrogens (tertiary/aromatic N) is 1. The molecule has 2 heterocycles. The summed E-state index contributed by atoms with van der Waals surface area (Å²) in [5.74, 6) is 0. The lowest BCUT2D eigenvalue weighted by Crippen LogP contribution is -1.86. The molecule has 0 fully saturated rings. The zero-order chi connectivity index (χ0) is 8.72. The van der Waals surface area contributed by atoms with Crippen molar-refractivity contribution in [1.82, 2.24) is 4.40 Å². The van der Waals surface area contributed by atoms with Crippen molar-refractivity contribution in [3.63, 3.8) is 0 Å². The fourth-order valence-corrected chi connectivity index (χ4v) is 1.98. The largest absolute Gasteiger partial charge is 0.322 e. The second-order valence-electron chi connectivity index (χ2n) is 3.15. The molecule has 2 rings (SSSR count). The molecule has 0 aliphatic carbocycles. The Balaban J connectivity index is 2.88. The molecule has 2 aromatic heterocycles. The maximum atomic E-state index is 3.46. The van der Waals surface area contributed by atoms with Gasteiger partial charge in [-0.05, 0) is 47.0 Å². The second kappa shape index (κ2) is 2.63. The highest BCUT2D eigenvalue weighted by Gasteiger charge is 1.99. The summed E-state index contributed by atoms with van der Waals surface area (Å²) in [6, 6.07) is 4.33. The highest BCUT2D eigenvalue weighted by Crippen LogP contribution is 2.19. The van der Waals surface area contributed by atoms with Gasteiger partial charge in [0, 0.05) is 22.4 Å². The van der Waals surface area contributed by atoms with E-state index in [4.69, 9.17) is 0 Å². The molecule has 12 heavy (non-hydrogen) atoms. The van der Waals surface area contributed by atoms with E-state index in [-0.39, 0.29) is 0 Å². The Hall–Kier alpha value is -0.760. The Morgan fingerprint density at radius 3 is 2.67 bits per heavy atom. The van der Waals surface area contributed by atoms with Crippen LogP contribution in [0.3, 0.4) is 0 Å². The van der Waals surface area contributed by atoms with Crippen molar-refractivity contribution in [2.75, 3.05) is 0 Å². The second-order valence-corrected chi connectivity index (χ2v) is 4.07. The third kappa shape index (κ3) is 1.16. The first kappa shape index (κ1) is 7.87. The van der Waals surface area contributed by atoms with Gasteiger partial charge in [-0.2, -0.15) is 0 Å². The van der Waals surface area contributed by atoms with Crippen LogP contribution in [0, 0.1) is 13.8 Å². The molecule has 0 radical (unpaired) electrons. The lowest BCUT2D eigenvalue weighted by Gasteiger charge is -2.00. The van der Waals surface area contributed by atoms with Crippen molar-refractivity contribution < 1.29 is 0 Å². The predicted molar refractivity (Wildman–Crippen MR) is 54.6 cm³/mol. The smallest absolute Gasteiger partial charge is 0.0490 e. The minimum atomic E-state index is 1.14. The Labute approximate surface area is 80.1 Å². The summed E-state index contributed by atoms with van der Waals surface area (Å²) in [7, 11) is 0. The van der Waals surface area contributed by atoms with Crippen LogP contribution >= 0.6 is 15.9 Å². The summed E-state index contributed by atoms with van der Waals surface area (Å²) in [5.41, 5.74) is 3.89. The average molecular weight is 224 g/mol. The van der Waals surface area contributed by atoms with E-state index in [1.807, 2.05) is 0 Å². The molecular formula is C10H10BrN. The highest BCUT2D eigenvalue weighted by molar-refractivity contribution is 9.10. The Morgan fingerprint density at radius 1 is 1.17 bits per heavy atom. The van der Waals surface area contributed by atoms with Gasteiger partial charge in [0.15, 0.2) is 0 Å². The van der Waals surface area contributed by atoms with Crippen LogP contribution < -0.4 is 0 Å². The number of rotatable bonds is 0. The zero-order valence-electron chi connectivity index (χ0n) is 7.13. The molecule has 0 amide bonds. The van der Waals surface area contributed by atoms with E-state index in [1.54, 1.807) is 0 Å². The van der Waals surface area contributed by atoms with Crippen LogP contribution in [0.15, 0.2) is 29.0 Å². The van der Waals surface area contributed by atoms with Gasteiger partial charge in [-0.3, -0.25) is 0 Å². The van der Waals surface area contributed by atoms with Gasteiger partial charge >= 0.3 is 0 Å². The quantitative estimate of drug-likeness (QED) is 0.646. The van der Waals surface area contributed by atoms with E-state index in [9.17, 15) is 0 Å². The third-order valence-corrected chi connectivity index (χ3v) is 2.44. The number of aryl methyl sites for hydroxylation is 2. The molecule has 0 aliphatic rings. The predicted octanol–water partition coefficient (Wildman–Crippen LogP) is 3.32. The molecule has 2 heteroatoms. The molecule has 1 nitrogen and oxygen atoms in total. The Kier molecular flexibility index (Phi) is 1.72. The number of fused-ring (bicyclic) bond motifs is 1. The molecule has 62 valence electrons. The third-order valence-electron chi connectivity index (χ3n) is 2.01. The molecule has 0 aromatic carbocycles. The van der Waals surface area contributed by atoms with E-state index >= 15 is 0 Å². The summed E-state index contributed by atoms with van der Waals surface area (Å²) in [5, 5.41) is 0. The Morgan fingerprint density at radius 2 is 1.92 bits per heavy atom. The van der Waals surface area contributed by atoms with Crippen LogP contribution in [0.25, 0.3) is 5.52 Å². The van der Waals surface area contributed by atoms with Crippen molar-refractivity contribution in [2.45, 2.75) is 13.8 Å². The molecule has 0 aliphatic heterocycles. The van der Waals surface area contributed by atoms with Gasteiger partial charge in [0.2, 0.25) is 0 Å². The van der Waals surface area contributed by atoms with Gasteiger partial charge in [-0.1, -0.05) is 6.07 Å². The van der Waals surface area contributed by atoms with Gasteiger partial charge < -0.3 is 4.40 Å². The van der Waals surface area contributed by atoms with Crippen LogP contribution in [-0.2, 0) is 0 Å². The molecule has 0 N–H and O–H groups in total. The highest BCUT2D eigenvalue weighted by atomic mass is 79.9. The first-order valence-electron chi connectivity index (χ1n) is 3.91. The van der Waals surface area contributed by atoms with Crippen molar-refractivity contribution in [3.8, 4) is 0 Å². The molecular weight excluding hydrogens is 214 g/mol. The lowest BCUT2D eigenvalue weighted by atomic mass is 10.2. The first-order chi connectivity index (χ1) is 5.66. The van der Waals surface area contributed by atoms with Gasteiger partial charge in [0.05, 0.1) is 0 Å². The molecule has 0 spiro atoms. The number of pyridine rings is 1. The SMILES string of the molecule is Cc1cc(C)c2cc(Br)cn2c1. The average Bonchev–Trinajstić information content (AvgIpc) is 2.29. The summed E-state index contributed by atoms with van der Waals surface area (Å²) in [6.07, 6.45) is 4.21. The maximum Gasteiger partial charge on any atom is 0.0490 e. The van der Waals surface area contributed by atoms with Gasteiger partial charge in [-0.15, -0.1) is 0 Å². The summed E-state index contributed by atoms with van der Waals surface area (Å²) >= 11 is 3.46. The van der Waals surface area contributed by atoms with Crippen LogP contribution in [0.5, 0.6) is 0 Å². The maximum absolute atomic E-state index is 3.46. The molecule has 0 bridgehead atoms. The molecule has 0 unspecified atom stereocenters. The fourth-order valence-electron chi connectivity index (χ4n) is 1.54. The minimum absolute atomic E-state index is 1.14. The monoisotopic (exact) mass is 223 g/mol. The number of aromatic nitrogens is 1. The fraction of sp³-hybridized carbons (Fsp3) is 0.200. The Bertz CT molecular complexity index is 429. The minimum Gasteiger partial charge on any atom is -0.322 e. The van der Waals surface area contributed by atoms with Crippen LogP contribution in [0.4, 0.5) is 0 Å². The molecule has 0 saturated heterocycles. The van der Waals surface area contributed by atoms with E-state index in [1.165, 1.54) is 16.6 Å². The van der Waals surface area contributed by atoms with Crippen molar-refractivity contribution in [1.29, 1.82) is 0 Å². The number of halogens is 1. The van der Waals surface area contributed by atoms with Gasteiger partial charge in [-0.25, -0.2) is 0 Å². The van der Waals surface area contributed by atoms with Crippen LogP contribution in [-0.4, -0.2) is 4.40 Å². The summed E-state index contributed by atoms with van der Waals surface area (Å²) in [4.78, 5) is 0. The van der Waals surface area contributed by atoms with Crippen LogP contribution in [0.1, 0.15) is 11.1 Å². The van der Waals surface area contributed by atoms with Crippen molar-refractivity contribution in [2.24, 2.45) is 0 Å². The van der Waals surface area contributed by atoms with Gasteiger partial charge in [0.1, 0.15) is 0 Å². The van der Waals surface area contributed by atoms with Crippen LogP contribution in [0.2, 0.25) is 0 Å². The van der Waals surface area contributed by atoms with Gasteiger partial charge in [0.25, 0.3) is 0 Å². The van der Waals surface area contributed by atoms with Crippen molar-refractivity contribution >= 4 is 21.4 Å². The standard InChI is InChI=1S/C10H10BrN/c1-7-3-8(2)10-4-9(11)6-12(10)5-7/h3-6H,1-2H3. The van der Waals surface area contributed by atoms with E-state index in [0.717, 1.165) is 4.47 Å². The number of hydrogen-bond acceptors (Lipinski definition) is 0. The molecule has 0 atom stereocenters. The molecule has 2 aromatic rings. The van der Waals surface area contributed by atoms with E-state index in [0.29, 0.717) is 0 Å². The zero-order valence-corrected chi connectivity index (χ0v) is 8.72. The van der Waals surface area contributed by atoms with E-state index in [2.05, 4.69) is 58.7 Å². The summed E-state index contributed by atoms with van der Waals surface area (Å²) < 4.78 is 3.28. The van der Waals surface area contributed by atoms with Crippen molar-refractivity contribution in [3.05, 3.63) is 40.1 Å². The normalized spacial score (nSPS) is 10.9. The topological polar surface area (TPSA) is 4.41 Å². The number of hydrogen-bond donors (Lipinski definition) is 0. The summed E-state index contributed by atoms with van der Waals surface area (Å²) in [6.45, 7) is 4.25.